The predicted molar refractivity (Wildman–Crippen MR) is 59.5 cm³/mol. The van der Waals surface area contributed by atoms with E-state index in [9.17, 15) is 19.2 Å². The number of cyclic esters (lactones) is 4. The highest BCUT2D eigenvalue weighted by Gasteiger charge is 2.18. The van der Waals surface area contributed by atoms with Gasteiger partial charge in [-0.1, -0.05) is 0 Å². The fourth-order valence-corrected chi connectivity index (χ4v) is 1.04. The van der Waals surface area contributed by atoms with Gasteiger partial charge in [0.15, 0.2) is 0 Å². The van der Waals surface area contributed by atoms with Gasteiger partial charge in [-0.15, -0.1) is 0 Å². The van der Waals surface area contributed by atoms with Crippen molar-refractivity contribution in [3.8, 4) is 0 Å². The molecule has 1 rings (SSSR count). The van der Waals surface area contributed by atoms with E-state index in [0.29, 0.717) is 0 Å². The molecule has 108 valence electrons. The Bertz CT molecular complexity index is 304. The summed E-state index contributed by atoms with van der Waals surface area (Å²) in [4.78, 5) is 43.7. The third-order valence-corrected chi connectivity index (χ3v) is 1.85. The van der Waals surface area contributed by atoms with Gasteiger partial charge in [-0.2, -0.15) is 0 Å². The molecule has 0 aromatic carbocycles. The SMILES string of the molecule is O=C1CCCC(=O)OC(=O)CCC(=O)O1.OCCO. The Balaban J connectivity index is 0.000000711. The molecule has 8 nitrogen and oxygen atoms in total. The molecule has 1 saturated heterocycles. The van der Waals surface area contributed by atoms with Crippen molar-refractivity contribution >= 4 is 23.9 Å². The van der Waals surface area contributed by atoms with Gasteiger partial charge in [0.2, 0.25) is 0 Å². The van der Waals surface area contributed by atoms with Gasteiger partial charge >= 0.3 is 23.9 Å². The van der Waals surface area contributed by atoms with Crippen molar-refractivity contribution in [2.45, 2.75) is 32.1 Å². The lowest BCUT2D eigenvalue weighted by Crippen LogP contribution is -2.14. The fraction of sp³-hybridized carbons (Fsp3) is 0.636. The summed E-state index contributed by atoms with van der Waals surface area (Å²) in [7, 11) is 0. The van der Waals surface area contributed by atoms with E-state index < -0.39 is 23.9 Å². The first kappa shape index (κ1) is 17.2. The Morgan fingerprint density at radius 2 is 1.00 bits per heavy atom. The number of esters is 4. The number of carbonyl (C=O) groups excluding carboxylic acids is 4. The van der Waals surface area contributed by atoms with Gasteiger partial charge in [-0.25, -0.2) is 0 Å². The largest absolute Gasteiger partial charge is 0.394 e. The zero-order valence-electron chi connectivity index (χ0n) is 10.3. The van der Waals surface area contributed by atoms with Crippen LogP contribution in [0.15, 0.2) is 0 Å². The van der Waals surface area contributed by atoms with Gasteiger partial charge in [-0.3, -0.25) is 19.2 Å². The van der Waals surface area contributed by atoms with E-state index >= 15 is 0 Å². The molecule has 0 bridgehead atoms. The third-order valence-electron chi connectivity index (χ3n) is 1.85. The summed E-state index contributed by atoms with van der Waals surface area (Å²) < 4.78 is 8.74. The Hall–Kier alpha value is -1.80. The van der Waals surface area contributed by atoms with Crippen molar-refractivity contribution in [3.63, 3.8) is 0 Å². The lowest BCUT2D eigenvalue weighted by molar-refractivity contribution is -0.163. The summed E-state index contributed by atoms with van der Waals surface area (Å²) in [5, 5.41) is 15.2. The maximum Gasteiger partial charge on any atom is 0.314 e. The Kier molecular flexibility index (Phi) is 9.19. The number of carbonyl (C=O) groups is 4. The van der Waals surface area contributed by atoms with Crippen LogP contribution in [-0.4, -0.2) is 47.3 Å². The van der Waals surface area contributed by atoms with Crippen molar-refractivity contribution in [2.24, 2.45) is 0 Å². The molecular formula is C11H16O8. The third kappa shape index (κ3) is 9.86. The highest BCUT2D eigenvalue weighted by atomic mass is 16.6. The van der Waals surface area contributed by atoms with Crippen molar-refractivity contribution in [3.05, 3.63) is 0 Å². The van der Waals surface area contributed by atoms with Crippen LogP contribution >= 0.6 is 0 Å². The zero-order valence-corrected chi connectivity index (χ0v) is 10.3. The molecule has 19 heavy (non-hydrogen) atoms. The number of aliphatic hydroxyl groups excluding tert-OH is 2. The molecule has 1 aliphatic rings. The molecule has 8 heteroatoms. The summed E-state index contributed by atoms with van der Waals surface area (Å²) in [5.74, 6) is -2.90. The summed E-state index contributed by atoms with van der Waals surface area (Å²) in [6, 6.07) is 0. The Labute approximate surface area is 109 Å². The van der Waals surface area contributed by atoms with Gasteiger partial charge in [-0.05, 0) is 6.42 Å². The van der Waals surface area contributed by atoms with E-state index in [0.717, 1.165) is 0 Å². The molecule has 0 saturated carbocycles. The van der Waals surface area contributed by atoms with Crippen molar-refractivity contribution in [1.82, 2.24) is 0 Å². The molecule has 0 unspecified atom stereocenters. The van der Waals surface area contributed by atoms with E-state index in [1.165, 1.54) is 0 Å². The van der Waals surface area contributed by atoms with E-state index in [1.54, 1.807) is 0 Å². The molecule has 0 aromatic heterocycles. The van der Waals surface area contributed by atoms with Gasteiger partial charge in [0, 0.05) is 12.8 Å². The van der Waals surface area contributed by atoms with Crippen LogP contribution in [-0.2, 0) is 28.7 Å². The van der Waals surface area contributed by atoms with Crippen LogP contribution in [0.25, 0.3) is 0 Å². The van der Waals surface area contributed by atoms with Crippen LogP contribution in [0, 0.1) is 0 Å². The fourth-order valence-electron chi connectivity index (χ4n) is 1.04. The average molecular weight is 276 g/mol. The second kappa shape index (κ2) is 10.2. The number of rotatable bonds is 1. The van der Waals surface area contributed by atoms with Gasteiger partial charge in [0.1, 0.15) is 0 Å². The smallest absolute Gasteiger partial charge is 0.314 e. The highest BCUT2D eigenvalue weighted by Crippen LogP contribution is 2.05. The van der Waals surface area contributed by atoms with Gasteiger partial charge in [0.25, 0.3) is 0 Å². The van der Waals surface area contributed by atoms with Crippen molar-refractivity contribution in [2.75, 3.05) is 13.2 Å². The number of aliphatic hydroxyl groups is 2. The van der Waals surface area contributed by atoms with Gasteiger partial charge in [0.05, 0.1) is 26.1 Å². The molecule has 0 radical (unpaired) electrons. The lowest BCUT2D eigenvalue weighted by Gasteiger charge is -1.99. The predicted octanol–water partition coefficient (Wildman–Crippen LogP) is -0.939. The van der Waals surface area contributed by atoms with E-state index in [4.69, 9.17) is 10.2 Å². The maximum absolute atomic E-state index is 10.9. The average Bonchev–Trinajstić information content (AvgIpc) is 2.37. The molecule has 1 fully saturated rings. The molecule has 0 spiro atoms. The lowest BCUT2D eigenvalue weighted by atomic mass is 10.2. The zero-order chi connectivity index (χ0) is 14.7. The molecule has 1 aliphatic heterocycles. The minimum Gasteiger partial charge on any atom is -0.394 e. The van der Waals surface area contributed by atoms with E-state index in [-0.39, 0.29) is 45.3 Å². The van der Waals surface area contributed by atoms with Crippen molar-refractivity contribution in [1.29, 1.82) is 0 Å². The summed E-state index contributed by atoms with van der Waals surface area (Å²) in [6.45, 7) is -0.250. The normalized spacial score (nSPS) is 17.6. The molecule has 2 N–H and O–H groups in total. The summed E-state index contributed by atoms with van der Waals surface area (Å²) in [6.07, 6.45) is -0.363. The van der Waals surface area contributed by atoms with E-state index in [2.05, 4.69) is 9.47 Å². The monoisotopic (exact) mass is 276 g/mol. The number of ether oxygens (including phenoxy) is 2. The van der Waals surface area contributed by atoms with Crippen LogP contribution in [0.1, 0.15) is 32.1 Å². The molecule has 0 atom stereocenters. The van der Waals surface area contributed by atoms with Crippen LogP contribution in [0.2, 0.25) is 0 Å². The topological polar surface area (TPSA) is 127 Å². The van der Waals surface area contributed by atoms with Crippen LogP contribution in [0.4, 0.5) is 0 Å². The summed E-state index contributed by atoms with van der Waals surface area (Å²) >= 11 is 0. The van der Waals surface area contributed by atoms with Crippen LogP contribution in [0.3, 0.4) is 0 Å². The molecule has 0 aromatic rings. The van der Waals surface area contributed by atoms with Gasteiger partial charge < -0.3 is 19.7 Å². The Morgan fingerprint density at radius 3 is 1.32 bits per heavy atom. The molecule has 1 heterocycles. The maximum atomic E-state index is 10.9. The molecule has 0 aliphatic carbocycles. The van der Waals surface area contributed by atoms with Crippen LogP contribution < -0.4 is 0 Å². The summed E-state index contributed by atoms with van der Waals surface area (Å²) in [5.41, 5.74) is 0. The second-order valence-corrected chi connectivity index (χ2v) is 3.49. The highest BCUT2D eigenvalue weighted by molar-refractivity contribution is 5.90. The quantitative estimate of drug-likeness (QED) is 0.464. The van der Waals surface area contributed by atoms with E-state index in [1.807, 2.05) is 0 Å². The van der Waals surface area contributed by atoms with Crippen LogP contribution in [0.5, 0.6) is 0 Å². The number of hydrogen-bond donors (Lipinski definition) is 2. The second-order valence-electron chi connectivity index (χ2n) is 3.49. The Morgan fingerprint density at radius 1 is 0.684 bits per heavy atom. The first-order valence-electron chi connectivity index (χ1n) is 5.68. The molecular weight excluding hydrogens is 260 g/mol. The first-order chi connectivity index (χ1) is 8.99. The van der Waals surface area contributed by atoms with Crippen molar-refractivity contribution < 1.29 is 38.9 Å². The minimum atomic E-state index is -0.772. The standard InChI is InChI=1S/C9H10O6.C2H6O2/c10-6-2-1-3-7(11)15-9(13)5-4-8(12)14-6;3-1-2-4/h1-5H2;3-4H,1-2H2. The number of hydrogen-bond acceptors (Lipinski definition) is 8. The first-order valence-corrected chi connectivity index (χ1v) is 5.68. The molecule has 0 amide bonds. The minimum absolute atomic E-state index is 0.0327.